The number of thiazole rings is 1. The Kier molecular flexibility index (Phi) is 3.79. The molecule has 0 saturated carbocycles. The summed E-state index contributed by atoms with van der Waals surface area (Å²) in [6, 6.07) is 3.16. The minimum Gasteiger partial charge on any atom is -0.321 e. The molecule has 2 aromatic heterocycles. The molecule has 2 aromatic rings. The Hall–Kier alpha value is -1.71. The highest BCUT2D eigenvalue weighted by Gasteiger charge is 2.23. The molecular weight excluding hydrogens is 310 g/mol. The van der Waals surface area contributed by atoms with Gasteiger partial charge in [0.25, 0.3) is 10.0 Å². The molecule has 0 atom stereocenters. The van der Waals surface area contributed by atoms with Crippen molar-refractivity contribution in [2.45, 2.75) is 30.7 Å². The monoisotopic (exact) mass is 325 g/mol. The van der Waals surface area contributed by atoms with Gasteiger partial charge in [-0.1, -0.05) is 0 Å². The van der Waals surface area contributed by atoms with E-state index in [0.29, 0.717) is 5.13 Å². The summed E-state index contributed by atoms with van der Waals surface area (Å²) in [5, 5.41) is 0.246. The minimum absolute atomic E-state index is 0.138. The van der Waals surface area contributed by atoms with Gasteiger partial charge in [-0.25, -0.2) is 9.97 Å². The summed E-state index contributed by atoms with van der Waals surface area (Å²) in [7, 11) is -3.81. The molecule has 4 N–H and O–H groups in total. The number of nitrogens with zero attached hydrogens (tertiary/aromatic N) is 2. The van der Waals surface area contributed by atoms with Gasteiger partial charge >= 0.3 is 0 Å². The number of nitrogens with two attached hydrogens (primary N) is 1. The van der Waals surface area contributed by atoms with E-state index in [9.17, 15) is 8.42 Å². The third-order valence-corrected chi connectivity index (χ3v) is 5.75. The molecule has 0 bridgehead atoms. The number of pyridine rings is 1. The molecule has 0 fully saturated rings. The van der Waals surface area contributed by atoms with Gasteiger partial charge < -0.3 is 5.43 Å². The van der Waals surface area contributed by atoms with Crippen molar-refractivity contribution in [3.63, 3.8) is 0 Å². The quantitative estimate of drug-likeness (QED) is 0.580. The predicted molar refractivity (Wildman–Crippen MR) is 81.6 cm³/mol. The number of aryl methyl sites for hydroxylation is 2. The number of hydrazine groups is 1. The molecule has 9 heteroatoms. The number of aromatic nitrogens is 2. The van der Waals surface area contributed by atoms with E-state index in [0.717, 1.165) is 36.3 Å². The molecule has 1 aliphatic rings. The predicted octanol–water partition coefficient (Wildman–Crippen LogP) is 1.50. The summed E-state index contributed by atoms with van der Waals surface area (Å²) in [6.07, 6.45) is 5.51. The third kappa shape index (κ3) is 2.85. The van der Waals surface area contributed by atoms with Gasteiger partial charge in [-0.3, -0.25) is 10.6 Å². The molecule has 0 radical (unpaired) electrons. The van der Waals surface area contributed by atoms with Crippen LogP contribution < -0.4 is 16.0 Å². The number of nitrogens with one attached hydrogen (secondary N) is 2. The van der Waals surface area contributed by atoms with E-state index < -0.39 is 10.0 Å². The molecule has 7 nitrogen and oxygen atoms in total. The third-order valence-electron chi connectivity index (χ3n) is 3.25. The Bertz CT molecular complexity index is 733. The smallest absolute Gasteiger partial charge is 0.283 e. The molecule has 0 aromatic carbocycles. The molecule has 1 aliphatic carbocycles. The number of nitrogen functional groups attached to an aromatic ring is 1. The number of sulfonamides is 1. The van der Waals surface area contributed by atoms with E-state index in [1.54, 1.807) is 12.1 Å². The Labute approximate surface area is 126 Å². The standard InChI is InChI=1S/C12H15N5O2S2/c13-16-9-5-3-7-14-11(9)21(18,19)17-12-15-8-4-1-2-6-10(8)20-12/h3,5,7,16H,1-2,4,6,13H2,(H,15,17). The van der Waals surface area contributed by atoms with E-state index in [4.69, 9.17) is 5.84 Å². The topological polar surface area (TPSA) is 110 Å². The maximum Gasteiger partial charge on any atom is 0.283 e. The van der Waals surface area contributed by atoms with Crippen molar-refractivity contribution in [1.82, 2.24) is 9.97 Å². The van der Waals surface area contributed by atoms with Crippen molar-refractivity contribution in [2.75, 3.05) is 10.1 Å². The van der Waals surface area contributed by atoms with E-state index in [1.807, 2.05) is 0 Å². The van der Waals surface area contributed by atoms with Gasteiger partial charge in [0.15, 0.2) is 5.13 Å². The van der Waals surface area contributed by atoms with E-state index >= 15 is 0 Å². The fourth-order valence-electron chi connectivity index (χ4n) is 2.27. The zero-order valence-corrected chi connectivity index (χ0v) is 12.8. The van der Waals surface area contributed by atoms with Crippen molar-refractivity contribution >= 4 is 32.2 Å². The number of anilines is 2. The molecule has 3 rings (SSSR count). The van der Waals surface area contributed by atoms with Crippen molar-refractivity contribution in [1.29, 1.82) is 0 Å². The Morgan fingerprint density at radius 1 is 1.29 bits per heavy atom. The van der Waals surface area contributed by atoms with Crippen LogP contribution in [-0.4, -0.2) is 18.4 Å². The van der Waals surface area contributed by atoms with E-state index in [-0.39, 0.29) is 10.7 Å². The second-order valence-electron chi connectivity index (χ2n) is 4.70. The first-order valence-corrected chi connectivity index (χ1v) is 8.83. The zero-order chi connectivity index (χ0) is 14.9. The average molecular weight is 325 g/mol. The molecule has 0 unspecified atom stereocenters. The molecule has 0 amide bonds. The molecule has 2 heterocycles. The zero-order valence-electron chi connectivity index (χ0n) is 11.2. The summed E-state index contributed by atoms with van der Waals surface area (Å²) in [4.78, 5) is 9.41. The maximum atomic E-state index is 12.4. The second kappa shape index (κ2) is 5.58. The van der Waals surface area contributed by atoms with Crippen molar-refractivity contribution in [2.24, 2.45) is 5.84 Å². The molecule has 0 aliphatic heterocycles. The fourth-order valence-corrected chi connectivity index (χ4v) is 4.66. The average Bonchev–Trinajstić information content (AvgIpc) is 2.88. The molecule has 21 heavy (non-hydrogen) atoms. The summed E-state index contributed by atoms with van der Waals surface area (Å²) >= 11 is 1.39. The van der Waals surface area contributed by atoms with Gasteiger partial charge in [-0.05, 0) is 37.8 Å². The lowest BCUT2D eigenvalue weighted by Gasteiger charge is -2.08. The molecule has 0 saturated heterocycles. The first-order valence-electron chi connectivity index (χ1n) is 6.53. The molecular formula is C12H15N5O2S2. The highest BCUT2D eigenvalue weighted by Crippen LogP contribution is 2.31. The first kappa shape index (κ1) is 14.2. The fraction of sp³-hybridized carbons (Fsp3) is 0.333. The van der Waals surface area contributed by atoms with Gasteiger partial charge in [0.05, 0.1) is 11.4 Å². The van der Waals surface area contributed by atoms with Gasteiger partial charge in [0.1, 0.15) is 0 Å². The Morgan fingerprint density at radius 2 is 2.10 bits per heavy atom. The lowest BCUT2D eigenvalue weighted by atomic mass is 10.0. The van der Waals surface area contributed by atoms with Crippen LogP contribution in [0.25, 0.3) is 0 Å². The maximum absolute atomic E-state index is 12.4. The van der Waals surface area contributed by atoms with Crippen molar-refractivity contribution in [3.05, 3.63) is 28.9 Å². The van der Waals surface area contributed by atoms with E-state index in [1.165, 1.54) is 17.5 Å². The largest absolute Gasteiger partial charge is 0.321 e. The van der Waals surface area contributed by atoms with E-state index in [2.05, 4.69) is 20.1 Å². The van der Waals surface area contributed by atoms with Crippen LogP contribution >= 0.6 is 11.3 Å². The SMILES string of the molecule is NNc1cccnc1S(=O)(=O)Nc1nc2c(s1)CCCC2. The van der Waals surface area contributed by atoms with Crippen LogP contribution in [0.2, 0.25) is 0 Å². The van der Waals surface area contributed by atoms with Crippen LogP contribution in [-0.2, 0) is 22.9 Å². The summed E-state index contributed by atoms with van der Waals surface area (Å²) in [5.74, 6) is 5.33. The lowest BCUT2D eigenvalue weighted by Crippen LogP contribution is -2.18. The summed E-state index contributed by atoms with van der Waals surface area (Å²) in [6.45, 7) is 0. The second-order valence-corrected chi connectivity index (χ2v) is 7.38. The van der Waals surface area contributed by atoms with Crippen molar-refractivity contribution < 1.29 is 8.42 Å². The Morgan fingerprint density at radius 3 is 2.86 bits per heavy atom. The van der Waals surface area contributed by atoms with Crippen LogP contribution in [0.15, 0.2) is 23.4 Å². The number of fused-ring (bicyclic) bond motifs is 1. The normalized spacial score (nSPS) is 14.5. The van der Waals surface area contributed by atoms with Crippen LogP contribution in [0.4, 0.5) is 10.8 Å². The van der Waals surface area contributed by atoms with Gasteiger partial charge in [0, 0.05) is 11.1 Å². The van der Waals surface area contributed by atoms with Crippen LogP contribution in [0.1, 0.15) is 23.4 Å². The van der Waals surface area contributed by atoms with Crippen LogP contribution in [0.3, 0.4) is 0 Å². The Balaban J connectivity index is 1.91. The molecule has 112 valence electrons. The highest BCUT2D eigenvalue weighted by atomic mass is 32.2. The van der Waals surface area contributed by atoms with Gasteiger partial charge in [-0.15, -0.1) is 11.3 Å². The first-order chi connectivity index (χ1) is 10.1. The lowest BCUT2D eigenvalue weighted by molar-refractivity contribution is 0.598. The van der Waals surface area contributed by atoms with Crippen LogP contribution in [0, 0.1) is 0 Å². The van der Waals surface area contributed by atoms with Gasteiger partial charge in [-0.2, -0.15) is 8.42 Å². The number of rotatable bonds is 4. The minimum atomic E-state index is -3.81. The number of hydrogen-bond donors (Lipinski definition) is 3. The summed E-state index contributed by atoms with van der Waals surface area (Å²) < 4.78 is 27.3. The van der Waals surface area contributed by atoms with Gasteiger partial charge in [0.2, 0.25) is 5.03 Å². The van der Waals surface area contributed by atoms with Crippen LogP contribution in [0.5, 0.6) is 0 Å². The summed E-state index contributed by atoms with van der Waals surface area (Å²) in [5.41, 5.74) is 3.58. The highest BCUT2D eigenvalue weighted by molar-refractivity contribution is 7.93. The molecule has 0 spiro atoms. The number of hydrogen-bond acceptors (Lipinski definition) is 7. The van der Waals surface area contributed by atoms with Crippen molar-refractivity contribution in [3.8, 4) is 0 Å².